The van der Waals surface area contributed by atoms with Crippen molar-refractivity contribution in [3.63, 3.8) is 0 Å². The van der Waals surface area contributed by atoms with E-state index in [0.717, 1.165) is 24.8 Å². The summed E-state index contributed by atoms with van der Waals surface area (Å²) in [5.41, 5.74) is 3.54. The molecule has 2 aliphatic heterocycles. The number of rotatable bonds is 3. The topological polar surface area (TPSA) is 70.3 Å². The Kier molecular flexibility index (Phi) is 4.14. The Bertz CT molecular complexity index is 451. The summed E-state index contributed by atoms with van der Waals surface area (Å²) in [5.74, 6) is 5.86. The summed E-state index contributed by atoms with van der Waals surface area (Å²) >= 11 is 0. The fraction of sp³-hybridized carbons (Fsp3) is 0.714. The number of hydrazine groups is 1. The molecular weight excluding hydrogens is 252 g/mol. The number of nitrogens with two attached hydrogens (primary N) is 1. The summed E-state index contributed by atoms with van der Waals surface area (Å²) < 4.78 is 0. The number of nitrogens with zero attached hydrogens (tertiary/aromatic N) is 4. The zero-order chi connectivity index (χ0) is 13.9. The zero-order valence-electron chi connectivity index (χ0n) is 12.1. The maximum Gasteiger partial charge on any atom is 0.237 e. The average Bonchev–Trinajstić information content (AvgIpc) is 2.48. The molecule has 2 atom stereocenters. The SMILES string of the molecule is CC1CN2CCCCC2CN1Cc1ccnc(NN)n1. The van der Waals surface area contributed by atoms with Crippen LogP contribution in [0, 0.1) is 0 Å². The molecule has 0 aliphatic carbocycles. The minimum Gasteiger partial charge on any atom is -0.298 e. The monoisotopic (exact) mass is 276 g/mol. The van der Waals surface area contributed by atoms with Crippen molar-refractivity contribution in [2.45, 2.75) is 44.8 Å². The van der Waals surface area contributed by atoms with Crippen molar-refractivity contribution < 1.29 is 0 Å². The van der Waals surface area contributed by atoms with Gasteiger partial charge in [0.1, 0.15) is 0 Å². The van der Waals surface area contributed by atoms with Crippen molar-refractivity contribution in [1.29, 1.82) is 0 Å². The molecule has 0 aromatic carbocycles. The molecule has 20 heavy (non-hydrogen) atoms. The minimum absolute atomic E-state index is 0.492. The molecule has 0 bridgehead atoms. The van der Waals surface area contributed by atoms with Gasteiger partial charge in [0, 0.05) is 37.9 Å². The molecule has 110 valence electrons. The molecule has 6 heteroatoms. The van der Waals surface area contributed by atoms with Gasteiger partial charge in [0.05, 0.1) is 5.69 Å². The van der Waals surface area contributed by atoms with Crippen LogP contribution in [-0.2, 0) is 6.54 Å². The van der Waals surface area contributed by atoms with E-state index >= 15 is 0 Å². The van der Waals surface area contributed by atoms with Crippen LogP contribution in [0.3, 0.4) is 0 Å². The Morgan fingerprint density at radius 3 is 3.15 bits per heavy atom. The maximum atomic E-state index is 5.37. The first kappa shape index (κ1) is 13.7. The molecule has 1 aromatic rings. The summed E-state index contributed by atoms with van der Waals surface area (Å²) in [6.07, 6.45) is 5.83. The largest absolute Gasteiger partial charge is 0.298 e. The zero-order valence-corrected chi connectivity index (χ0v) is 12.1. The Labute approximate surface area is 120 Å². The van der Waals surface area contributed by atoms with Gasteiger partial charge in [-0.3, -0.25) is 15.2 Å². The highest BCUT2D eigenvalue weighted by molar-refractivity contribution is 5.22. The number of hydrogen-bond acceptors (Lipinski definition) is 6. The minimum atomic E-state index is 0.492. The molecule has 6 nitrogen and oxygen atoms in total. The van der Waals surface area contributed by atoms with Gasteiger partial charge in [0.25, 0.3) is 0 Å². The van der Waals surface area contributed by atoms with Crippen molar-refractivity contribution in [2.24, 2.45) is 5.84 Å². The van der Waals surface area contributed by atoms with Crippen LogP contribution in [0.4, 0.5) is 5.95 Å². The van der Waals surface area contributed by atoms with Gasteiger partial charge in [-0.05, 0) is 32.4 Å². The molecule has 1 aromatic heterocycles. The Hall–Kier alpha value is -1.24. The highest BCUT2D eigenvalue weighted by Crippen LogP contribution is 2.24. The summed E-state index contributed by atoms with van der Waals surface area (Å²) in [6, 6.07) is 3.28. The lowest BCUT2D eigenvalue weighted by molar-refractivity contribution is 0.0105. The first-order valence-corrected chi connectivity index (χ1v) is 7.53. The molecule has 3 N–H and O–H groups in total. The Morgan fingerprint density at radius 2 is 2.30 bits per heavy atom. The van der Waals surface area contributed by atoms with Crippen LogP contribution in [0.15, 0.2) is 12.3 Å². The molecule has 3 heterocycles. The molecule has 2 unspecified atom stereocenters. The third-order valence-corrected chi connectivity index (χ3v) is 4.52. The van der Waals surface area contributed by atoms with E-state index in [4.69, 9.17) is 5.84 Å². The molecule has 3 rings (SSSR count). The summed E-state index contributed by atoms with van der Waals surface area (Å²) in [5, 5.41) is 0. The normalized spacial score (nSPS) is 28.1. The second-order valence-corrected chi connectivity index (χ2v) is 5.94. The smallest absolute Gasteiger partial charge is 0.237 e. The fourth-order valence-electron chi connectivity index (χ4n) is 3.39. The van der Waals surface area contributed by atoms with Gasteiger partial charge in [-0.15, -0.1) is 0 Å². The average molecular weight is 276 g/mol. The number of piperazine rings is 1. The second-order valence-electron chi connectivity index (χ2n) is 5.94. The van der Waals surface area contributed by atoms with E-state index in [2.05, 4.69) is 32.1 Å². The van der Waals surface area contributed by atoms with Crippen molar-refractivity contribution in [3.8, 4) is 0 Å². The number of piperidine rings is 1. The number of aromatic nitrogens is 2. The number of anilines is 1. The third kappa shape index (κ3) is 2.92. The van der Waals surface area contributed by atoms with E-state index in [1.807, 2.05) is 6.07 Å². The van der Waals surface area contributed by atoms with Gasteiger partial charge in [-0.25, -0.2) is 15.8 Å². The number of fused-ring (bicyclic) bond motifs is 1. The van der Waals surface area contributed by atoms with E-state index in [0.29, 0.717) is 12.0 Å². The van der Waals surface area contributed by atoms with Crippen molar-refractivity contribution >= 4 is 5.95 Å². The number of hydrogen-bond donors (Lipinski definition) is 2. The van der Waals surface area contributed by atoms with Crippen LogP contribution in [0.2, 0.25) is 0 Å². The molecule has 0 spiro atoms. The Morgan fingerprint density at radius 1 is 1.40 bits per heavy atom. The van der Waals surface area contributed by atoms with E-state index in [1.165, 1.54) is 32.4 Å². The van der Waals surface area contributed by atoms with Crippen LogP contribution < -0.4 is 11.3 Å². The number of nitrogens with one attached hydrogen (secondary N) is 1. The van der Waals surface area contributed by atoms with Gasteiger partial charge in [0.15, 0.2) is 0 Å². The highest BCUT2D eigenvalue weighted by atomic mass is 15.3. The molecule has 0 saturated carbocycles. The Balaban J connectivity index is 1.67. The second kappa shape index (κ2) is 6.03. The molecule has 0 radical (unpaired) electrons. The van der Waals surface area contributed by atoms with Gasteiger partial charge >= 0.3 is 0 Å². The lowest BCUT2D eigenvalue weighted by atomic mass is 9.97. The van der Waals surface area contributed by atoms with E-state index in [9.17, 15) is 0 Å². The summed E-state index contributed by atoms with van der Waals surface area (Å²) in [6.45, 7) is 6.79. The van der Waals surface area contributed by atoms with Crippen LogP contribution in [-0.4, -0.2) is 51.5 Å². The van der Waals surface area contributed by atoms with Crippen LogP contribution in [0.5, 0.6) is 0 Å². The van der Waals surface area contributed by atoms with Crippen molar-refractivity contribution in [1.82, 2.24) is 19.8 Å². The first-order valence-electron chi connectivity index (χ1n) is 7.53. The fourth-order valence-corrected chi connectivity index (χ4v) is 3.39. The molecule has 2 fully saturated rings. The van der Waals surface area contributed by atoms with Crippen molar-refractivity contribution in [2.75, 3.05) is 25.1 Å². The molecule has 0 amide bonds. The van der Waals surface area contributed by atoms with E-state index < -0.39 is 0 Å². The van der Waals surface area contributed by atoms with Crippen molar-refractivity contribution in [3.05, 3.63) is 18.0 Å². The molecular formula is C14H24N6. The quantitative estimate of drug-likeness (QED) is 0.629. The lowest BCUT2D eigenvalue weighted by Gasteiger charge is -2.47. The predicted molar refractivity (Wildman–Crippen MR) is 78.9 cm³/mol. The van der Waals surface area contributed by atoms with Crippen LogP contribution in [0.1, 0.15) is 31.9 Å². The van der Waals surface area contributed by atoms with Gasteiger partial charge < -0.3 is 0 Å². The van der Waals surface area contributed by atoms with Gasteiger partial charge in [-0.1, -0.05) is 6.42 Å². The summed E-state index contributed by atoms with van der Waals surface area (Å²) in [4.78, 5) is 13.7. The van der Waals surface area contributed by atoms with Crippen LogP contribution >= 0.6 is 0 Å². The summed E-state index contributed by atoms with van der Waals surface area (Å²) in [7, 11) is 0. The molecule has 2 aliphatic rings. The molecule has 2 saturated heterocycles. The predicted octanol–water partition coefficient (Wildman–Crippen LogP) is 0.821. The van der Waals surface area contributed by atoms with E-state index in [1.54, 1.807) is 6.20 Å². The van der Waals surface area contributed by atoms with Gasteiger partial charge in [-0.2, -0.15) is 0 Å². The van der Waals surface area contributed by atoms with Crippen LogP contribution in [0.25, 0.3) is 0 Å². The lowest BCUT2D eigenvalue weighted by Crippen LogP contribution is -2.58. The van der Waals surface area contributed by atoms with E-state index in [-0.39, 0.29) is 0 Å². The maximum absolute atomic E-state index is 5.37. The first-order chi connectivity index (χ1) is 9.76. The standard InChI is InChI=1S/C14H24N6/c1-11-8-19-7-3-2-4-13(19)10-20(11)9-12-5-6-16-14(17-12)18-15/h5-6,11,13H,2-4,7-10,15H2,1H3,(H,16,17,18). The number of nitrogen functional groups attached to an aromatic ring is 1. The van der Waals surface area contributed by atoms with Gasteiger partial charge in [0.2, 0.25) is 5.95 Å². The highest BCUT2D eigenvalue weighted by Gasteiger charge is 2.32. The third-order valence-electron chi connectivity index (χ3n) is 4.52.